The van der Waals surface area contributed by atoms with E-state index in [2.05, 4.69) is 43.4 Å². The molecule has 0 aliphatic rings. The van der Waals surface area contributed by atoms with Gasteiger partial charge in [0.05, 0.1) is 0 Å². The summed E-state index contributed by atoms with van der Waals surface area (Å²) < 4.78 is 0. The van der Waals surface area contributed by atoms with Gasteiger partial charge in [-0.25, -0.2) is 0 Å². The summed E-state index contributed by atoms with van der Waals surface area (Å²) >= 11 is 5.10. The molecule has 100 valence electrons. The number of nitrogens with two attached hydrogens (primary N) is 1. The van der Waals surface area contributed by atoms with Crippen LogP contribution in [-0.2, 0) is 0 Å². The summed E-state index contributed by atoms with van der Waals surface area (Å²) in [6.07, 6.45) is 1.08. The first-order valence-corrected chi connectivity index (χ1v) is 6.62. The Bertz CT molecular complexity index is 416. The molecule has 0 aliphatic carbocycles. The number of anilines is 1. The SMILES string of the molecule is Cc1ccc(NC(C)CCN(C)C)c(C(N)=S)c1. The van der Waals surface area contributed by atoms with Gasteiger partial charge in [0.1, 0.15) is 4.99 Å². The second-order valence-corrected chi connectivity index (χ2v) is 5.49. The third-order valence-corrected chi connectivity index (χ3v) is 3.07. The van der Waals surface area contributed by atoms with E-state index < -0.39 is 0 Å². The molecule has 18 heavy (non-hydrogen) atoms. The maximum absolute atomic E-state index is 5.76. The van der Waals surface area contributed by atoms with Crippen LogP contribution < -0.4 is 11.1 Å². The van der Waals surface area contributed by atoms with E-state index >= 15 is 0 Å². The van der Waals surface area contributed by atoms with Crippen molar-refractivity contribution in [3.63, 3.8) is 0 Å². The Kier molecular flexibility index (Phi) is 5.56. The predicted molar refractivity (Wildman–Crippen MR) is 83.3 cm³/mol. The smallest absolute Gasteiger partial charge is 0.106 e. The van der Waals surface area contributed by atoms with Gasteiger partial charge < -0.3 is 16.0 Å². The Labute approximate surface area is 115 Å². The monoisotopic (exact) mass is 265 g/mol. The van der Waals surface area contributed by atoms with Gasteiger partial charge in [-0.1, -0.05) is 23.8 Å². The van der Waals surface area contributed by atoms with Gasteiger partial charge >= 0.3 is 0 Å². The molecule has 0 bridgehead atoms. The average molecular weight is 265 g/mol. The highest BCUT2D eigenvalue weighted by atomic mass is 32.1. The molecule has 0 heterocycles. The molecule has 1 rings (SSSR count). The van der Waals surface area contributed by atoms with Crippen LogP contribution in [-0.4, -0.2) is 36.6 Å². The van der Waals surface area contributed by atoms with Crippen LogP contribution in [0.15, 0.2) is 18.2 Å². The van der Waals surface area contributed by atoms with Crippen LogP contribution in [0.5, 0.6) is 0 Å². The summed E-state index contributed by atoms with van der Waals surface area (Å²) in [4.78, 5) is 2.63. The summed E-state index contributed by atoms with van der Waals surface area (Å²) in [6, 6.07) is 6.55. The molecule has 3 N–H and O–H groups in total. The minimum absolute atomic E-state index is 0.392. The standard InChI is InChI=1S/C14H23N3S/c1-10-5-6-13(12(9-10)14(15)18)16-11(2)7-8-17(3)4/h5-6,9,11,16H,7-8H2,1-4H3,(H2,15,18). The van der Waals surface area contributed by atoms with E-state index in [1.807, 2.05) is 13.0 Å². The van der Waals surface area contributed by atoms with Crippen LogP contribution in [0.3, 0.4) is 0 Å². The number of aryl methyl sites for hydroxylation is 1. The van der Waals surface area contributed by atoms with E-state index in [0.717, 1.165) is 24.2 Å². The van der Waals surface area contributed by atoms with Gasteiger partial charge in [0.15, 0.2) is 0 Å². The molecule has 3 nitrogen and oxygen atoms in total. The lowest BCUT2D eigenvalue weighted by Crippen LogP contribution is -2.24. The number of hydrogen-bond acceptors (Lipinski definition) is 3. The molecule has 0 radical (unpaired) electrons. The van der Waals surface area contributed by atoms with Crippen molar-refractivity contribution < 1.29 is 0 Å². The highest BCUT2D eigenvalue weighted by molar-refractivity contribution is 7.80. The molecule has 1 atom stereocenters. The lowest BCUT2D eigenvalue weighted by atomic mass is 10.1. The summed E-state index contributed by atoms with van der Waals surface area (Å²) in [5.41, 5.74) is 8.89. The topological polar surface area (TPSA) is 41.3 Å². The third kappa shape index (κ3) is 4.63. The zero-order valence-corrected chi connectivity index (χ0v) is 12.5. The molecule has 0 aliphatic heterocycles. The first kappa shape index (κ1) is 14.9. The minimum atomic E-state index is 0.392. The Morgan fingerprint density at radius 2 is 2.11 bits per heavy atom. The van der Waals surface area contributed by atoms with Crippen LogP contribution in [0.1, 0.15) is 24.5 Å². The van der Waals surface area contributed by atoms with E-state index in [1.165, 1.54) is 5.56 Å². The maximum atomic E-state index is 5.76. The van der Waals surface area contributed by atoms with E-state index in [4.69, 9.17) is 18.0 Å². The van der Waals surface area contributed by atoms with E-state index in [0.29, 0.717) is 11.0 Å². The van der Waals surface area contributed by atoms with E-state index in [-0.39, 0.29) is 0 Å². The average Bonchev–Trinajstić information content (AvgIpc) is 2.28. The molecule has 4 heteroatoms. The fourth-order valence-electron chi connectivity index (χ4n) is 1.78. The van der Waals surface area contributed by atoms with Crippen molar-refractivity contribution >= 4 is 22.9 Å². The van der Waals surface area contributed by atoms with Gasteiger partial charge in [-0.05, 0) is 53.0 Å². The fourth-order valence-corrected chi connectivity index (χ4v) is 1.95. The number of nitrogens with one attached hydrogen (secondary N) is 1. The quantitative estimate of drug-likeness (QED) is 0.775. The molecule has 0 spiro atoms. The molecule has 0 amide bonds. The van der Waals surface area contributed by atoms with Crippen molar-refractivity contribution in [2.45, 2.75) is 26.3 Å². The molecule has 0 aromatic heterocycles. The van der Waals surface area contributed by atoms with Crippen LogP contribution in [0, 0.1) is 6.92 Å². The Balaban J connectivity index is 2.74. The van der Waals surface area contributed by atoms with Crippen molar-refractivity contribution in [3.05, 3.63) is 29.3 Å². The first-order valence-electron chi connectivity index (χ1n) is 6.22. The molecule has 1 unspecified atom stereocenters. The lowest BCUT2D eigenvalue weighted by molar-refractivity contribution is 0.390. The summed E-state index contributed by atoms with van der Waals surface area (Å²) in [6.45, 7) is 5.27. The van der Waals surface area contributed by atoms with Gasteiger partial charge in [-0.15, -0.1) is 0 Å². The fraction of sp³-hybridized carbons (Fsp3) is 0.500. The molecular formula is C14H23N3S. The zero-order valence-electron chi connectivity index (χ0n) is 11.7. The van der Waals surface area contributed by atoms with Crippen molar-refractivity contribution in [2.75, 3.05) is 26.0 Å². The number of nitrogens with zero attached hydrogens (tertiary/aromatic N) is 1. The first-order chi connectivity index (χ1) is 8.40. The summed E-state index contributed by atoms with van der Waals surface area (Å²) in [7, 11) is 4.16. The molecule has 0 fully saturated rings. The van der Waals surface area contributed by atoms with E-state index in [1.54, 1.807) is 0 Å². The third-order valence-electron chi connectivity index (χ3n) is 2.85. The Morgan fingerprint density at radius 3 is 2.67 bits per heavy atom. The van der Waals surface area contributed by atoms with Gasteiger partial charge in [-0.2, -0.15) is 0 Å². The Morgan fingerprint density at radius 1 is 1.44 bits per heavy atom. The second kappa shape index (κ2) is 6.71. The van der Waals surface area contributed by atoms with Crippen molar-refractivity contribution in [2.24, 2.45) is 5.73 Å². The van der Waals surface area contributed by atoms with Crippen molar-refractivity contribution in [1.82, 2.24) is 4.90 Å². The highest BCUT2D eigenvalue weighted by Crippen LogP contribution is 2.19. The van der Waals surface area contributed by atoms with Gasteiger partial charge in [0.2, 0.25) is 0 Å². The van der Waals surface area contributed by atoms with Crippen molar-refractivity contribution in [3.8, 4) is 0 Å². The Hall–Kier alpha value is -1.13. The molecule has 1 aromatic carbocycles. The van der Waals surface area contributed by atoms with E-state index in [9.17, 15) is 0 Å². The number of hydrogen-bond donors (Lipinski definition) is 2. The molecule has 0 saturated carbocycles. The van der Waals surface area contributed by atoms with Crippen LogP contribution in [0.4, 0.5) is 5.69 Å². The van der Waals surface area contributed by atoms with Crippen LogP contribution >= 0.6 is 12.2 Å². The van der Waals surface area contributed by atoms with Gasteiger partial charge in [0, 0.05) is 17.3 Å². The maximum Gasteiger partial charge on any atom is 0.106 e. The largest absolute Gasteiger partial charge is 0.389 e. The second-order valence-electron chi connectivity index (χ2n) is 5.05. The van der Waals surface area contributed by atoms with Gasteiger partial charge in [0.25, 0.3) is 0 Å². The molecule has 0 saturated heterocycles. The normalized spacial score (nSPS) is 12.5. The summed E-state index contributed by atoms with van der Waals surface area (Å²) in [5, 5.41) is 3.48. The number of thiocarbonyl (C=S) groups is 1. The molecule has 1 aromatic rings. The number of rotatable bonds is 6. The van der Waals surface area contributed by atoms with Crippen molar-refractivity contribution in [1.29, 1.82) is 0 Å². The number of benzene rings is 1. The van der Waals surface area contributed by atoms with Crippen LogP contribution in [0.25, 0.3) is 0 Å². The predicted octanol–water partition coefficient (Wildman–Crippen LogP) is 2.38. The lowest BCUT2D eigenvalue weighted by Gasteiger charge is -2.20. The van der Waals surface area contributed by atoms with Gasteiger partial charge in [-0.3, -0.25) is 0 Å². The molecular weight excluding hydrogens is 242 g/mol. The zero-order chi connectivity index (χ0) is 13.7. The van der Waals surface area contributed by atoms with Crippen LogP contribution in [0.2, 0.25) is 0 Å². The highest BCUT2D eigenvalue weighted by Gasteiger charge is 2.09. The summed E-state index contributed by atoms with van der Waals surface area (Å²) in [5.74, 6) is 0. The minimum Gasteiger partial charge on any atom is -0.389 e.